The van der Waals surface area contributed by atoms with Gasteiger partial charge in [-0.15, -0.1) is 0 Å². The predicted octanol–water partition coefficient (Wildman–Crippen LogP) is 5.25. The van der Waals surface area contributed by atoms with Crippen molar-refractivity contribution in [3.63, 3.8) is 0 Å². The van der Waals surface area contributed by atoms with E-state index >= 15 is 0 Å². The lowest BCUT2D eigenvalue weighted by molar-refractivity contribution is -0.115. The SMILES string of the molecule is Cn1cc(C/C(=N\O)C(=O)NCCSSCCNC(=O)/C(Cc2cn(C)c3ccc(Br)cc23)=N/O)c2cc(Br)ccc21. The molecule has 0 atom stereocenters. The minimum atomic E-state index is -0.420. The van der Waals surface area contributed by atoms with E-state index in [0.717, 1.165) is 41.9 Å². The van der Waals surface area contributed by atoms with Gasteiger partial charge in [0.2, 0.25) is 0 Å². The number of hydrogen-bond donors (Lipinski definition) is 4. The van der Waals surface area contributed by atoms with E-state index in [0.29, 0.717) is 24.6 Å². The number of halogens is 2. The number of carbonyl (C=O) groups excluding carboxylic acids is 2. The monoisotopic (exact) mass is 736 g/mol. The highest BCUT2D eigenvalue weighted by molar-refractivity contribution is 9.10. The topological polar surface area (TPSA) is 133 Å². The first-order valence-corrected chi connectivity index (χ1v) is 17.0. The van der Waals surface area contributed by atoms with Crippen molar-refractivity contribution in [3.05, 3.63) is 68.9 Å². The minimum absolute atomic E-state index is 0.0420. The lowest BCUT2D eigenvalue weighted by Crippen LogP contribution is -2.34. The van der Waals surface area contributed by atoms with Gasteiger partial charge in [-0.05, 0) is 47.5 Å². The van der Waals surface area contributed by atoms with Crippen molar-refractivity contribution in [1.29, 1.82) is 0 Å². The molecule has 0 unspecified atom stereocenters. The molecule has 0 saturated heterocycles. The van der Waals surface area contributed by atoms with Crippen LogP contribution in [0.25, 0.3) is 21.8 Å². The maximum atomic E-state index is 12.6. The molecule has 0 bridgehead atoms. The summed E-state index contributed by atoms with van der Waals surface area (Å²) in [6.07, 6.45) is 4.27. The molecule has 42 heavy (non-hydrogen) atoms. The van der Waals surface area contributed by atoms with Crippen LogP contribution < -0.4 is 10.6 Å². The summed E-state index contributed by atoms with van der Waals surface area (Å²) in [5, 5.41) is 33.0. The Kier molecular flexibility index (Phi) is 11.4. The molecule has 2 amide bonds. The van der Waals surface area contributed by atoms with Crippen LogP contribution in [0.5, 0.6) is 0 Å². The van der Waals surface area contributed by atoms with Crippen molar-refractivity contribution in [3.8, 4) is 0 Å². The standard InChI is InChI=1S/C28H30Br2N6O4S2/c1-35-15-17(21-13-19(29)3-5-25(21)35)11-23(33-39)27(37)31-7-9-41-42-10-8-32-28(38)24(34-40)12-18-16-36(2)26-6-4-20(30)14-22(18)26/h3-6,13-16,39-40H,7-12H2,1-2H3,(H,31,37)(H,32,38)/b33-23+,34-24+. The highest BCUT2D eigenvalue weighted by Crippen LogP contribution is 2.26. The summed E-state index contributed by atoms with van der Waals surface area (Å²) >= 11 is 6.96. The van der Waals surface area contributed by atoms with Crippen LogP contribution >= 0.6 is 53.4 Å². The quantitative estimate of drug-likeness (QED) is 0.0487. The van der Waals surface area contributed by atoms with Crippen molar-refractivity contribution in [1.82, 2.24) is 19.8 Å². The maximum Gasteiger partial charge on any atom is 0.269 e. The molecule has 10 nitrogen and oxygen atoms in total. The fourth-order valence-corrected chi connectivity index (χ4v) is 7.13. The van der Waals surface area contributed by atoms with Crippen LogP contribution in [0.1, 0.15) is 11.1 Å². The number of nitrogens with zero attached hydrogens (tertiary/aromatic N) is 4. The van der Waals surface area contributed by atoms with Crippen LogP contribution in [0.4, 0.5) is 0 Å². The number of aromatic nitrogens is 2. The molecule has 2 aromatic heterocycles. The average molecular weight is 739 g/mol. The van der Waals surface area contributed by atoms with Crippen LogP contribution in [0.2, 0.25) is 0 Å². The molecule has 4 aromatic rings. The van der Waals surface area contributed by atoms with Crippen molar-refractivity contribution < 1.29 is 20.0 Å². The number of amides is 2. The van der Waals surface area contributed by atoms with Crippen LogP contribution in [-0.2, 0) is 36.5 Å². The van der Waals surface area contributed by atoms with Gasteiger partial charge in [0, 0.05) is 94.7 Å². The summed E-state index contributed by atoms with van der Waals surface area (Å²) in [7, 11) is 6.97. The third kappa shape index (κ3) is 7.91. The van der Waals surface area contributed by atoms with Crippen molar-refractivity contribution in [2.24, 2.45) is 24.4 Å². The fourth-order valence-electron chi connectivity index (χ4n) is 4.59. The molecule has 0 aliphatic heterocycles. The van der Waals surface area contributed by atoms with Gasteiger partial charge in [0.1, 0.15) is 11.4 Å². The number of hydrogen-bond acceptors (Lipinski definition) is 8. The summed E-state index contributed by atoms with van der Waals surface area (Å²) in [5.74, 6) is 0.419. The zero-order valence-corrected chi connectivity index (χ0v) is 27.7. The zero-order chi connectivity index (χ0) is 30.2. The second-order valence-electron chi connectivity index (χ2n) is 9.46. The number of aryl methyl sites for hydroxylation is 2. The van der Waals surface area contributed by atoms with Crippen LogP contribution in [-0.4, -0.2) is 67.4 Å². The second-order valence-corrected chi connectivity index (χ2v) is 14.0. The van der Waals surface area contributed by atoms with Gasteiger partial charge in [-0.25, -0.2) is 0 Å². The van der Waals surface area contributed by atoms with Gasteiger partial charge in [-0.2, -0.15) is 0 Å². The van der Waals surface area contributed by atoms with Gasteiger partial charge in [-0.3, -0.25) is 9.59 Å². The molecule has 0 spiro atoms. The van der Waals surface area contributed by atoms with Gasteiger partial charge in [-0.1, -0.05) is 63.8 Å². The molecule has 0 fully saturated rings. The number of fused-ring (bicyclic) bond motifs is 2. The summed E-state index contributed by atoms with van der Waals surface area (Å²) < 4.78 is 5.81. The second kappa shape index (κ2) is 15.0. The van der Waals surface area contributed by atoms with Gasteiger partial charge < -0.3 is 30.2 Å². The molecule has 2 heterocycles. The van der Waals surface area contributed by atoms with E-state index in [-0.39, 0.29) is 24.3 Å². The van der Waals surface area contributed by atoms with Gasteiger partial charge in [0.15, 0.2) is 0 Å². The molecule has 2 aromatic carbocycles. The lowest BCUT2D eigenvalue weighted by atomic mass is 10.1. The summed E-state index contributed by atoms with van der Waals surface area (Å²) in [6.45, 7) is 0.789. The van der Waals surface area contributed by atoms with E-state index in [4.69, 9.17) is 0 Å². The Bertz CT molecular complexity index is 1550. The normalized spacial score (nSPS) is 12.3. The van der Waals surface area contributed by atoms with Crippen LogP contribution in [0.3, 0.4) is 0 Å². The molecule has 4 rings (SSSR count). The van der Waals surface area contributed by atoms with Crippen molar-refractivity contribution in [2.75, 3.05) is 24.6 Å². The first-order chi connectivity index (χ1) is 20.2. The Morgan fingerprint density at radius 1 is 0.762 bits per heavy atom. The van der Waals surface area contributed by atoms with E-state index in [1.165, 1.54) is 0 Å². The number of rotatable bonds is 13. The maximum absolute atomic E-state index is 12.6. The molecule has 0 aliphatic carbocycles. The Balaban J connectivity index is 1.15. The molecule has 0 saturated carbocycles. The van der Waals surface area contributed by atoms with E-state index < -0.39 is 11.8 Å². The number of oxime groups is 2. The third-order valence-electron chi connectivity index (χ3n) is 6.57. The van der Waals surface area contributed by atoms with Crippen LogP contribution in [0.15, 0.2) is 68.0 Å². The van der Waals surface area contributed by atoms with E-state index in [1.807, 2.05) is 72.0 Å². The predicted molar refractivity (Wildman–Crippen MR) is 178 cm³/mol. The fraction of sp³-hybridized carbons (Fsp3) is 0.286. The average Bonchev–Trinajstić information content (AvgIpc) is 3.45. The Hall–Kier alpha value is -2.94. The number of nitrogens with one attached hydrogen (secondary N) is 2. The molecule has 4 N–H and O–H groups in total. The van der Waals surface area contributed by atoms with Crippen LogP contribution in [0, 0.1) is 0 Å². The van der Waals surface area contributed by atoms with E-state index in [9.17, 15) is 20.0 Å². The van der Waals surface area contributed by atoms with Gasteiger partial charge in [0.25, 0.3) is 11.8 Å². The first-order valence-electron chi connectivity index (χ1n) is 12.9. The van der Waals surface area contributed by atoms with Gasteiger partial charge >= 0.3 is 0 Å². The van der Waals surface area contributed by atoms with E-state index in [1.54, 1.807) is 21.6 Å². The minimum Gasteiger partial charge on any atom is -0.410 e. The zero-order valence-electron chi connectivity index (χ0n) is 22.9. The number of benzene rings is 2. The third-order valence-corrected chi connectivity index (χ3v) is 9.97. The van der Waals surface area contributed by atoms with Gasteiger partial charge in [0.05, 0.1) is 0 Å². The summed E-state index contributed by atoms with van der Waals surface area (Å²) in [6, 6.07) is 11.9. The Labute approximate surface area is 267 Å². The molecule has 14 heteroatoms. The molecular formula is C28H30Br2N6O4S2. The highest BCUT2D eigenvalue weighted by Gasteiger charge is 2.18. The van der Waals surface area contributed by atoms with Crippen molar-refractivity contribution >= 4 is 98.5 Å². The molecule has 222 valence electrons. The Morgan fingerprint density at radius 3 is 1.55 bits per heavy atom. The molecular weight excluding hydrogens is 708 g/mol. The molecule has 0 aliphatic rings. The Morgan fingerprint density at radius 2 is 1.17 bits per heavy atom. The van der Waals surface area contributed by atoms with E-state index in [2.05, 4.69) is 52.8 Å². The first kappa shape index (κ1) is 32.0. The smallest absolute Gasteiger partial charge is 0.269 e. The summed E-state index contributed by atoms with van der Waals surface area (Å²) in [4.78, 5) is 25.2. The summed E-state index contributed by atoms with van der Waals surface area (Å²) in [5.41, 5.74) is 3.91. The lowest BCUT2D eigenvalue weighted by Gasteiger charge is -2.08. The largest absolute Gasteiger partial charge is 0.410 e. The number of carbonyl (C=O) groups is 2. The highest BCUT2D eigenvalue weighted by atomic mass is 79.9. The van der Waals surface area contributed by atoms with Crippen molar-refractivity contribution in [2.45, 2.75) is 12.8 Å². The molecule has 0 radical (unpaired) electrons.